The van der Waals surface area contributed by atoms with Crippen LogP contribution in [0.25, 0.3) is 21.7 Å². The number of phenolic OH excluding ortho intramolecular Hbond substituents is 1. The van der Waals surface area contributed by atoms with E-state index in [9.17, 15) is 9.90 Å². The number of aromatic hydroxyl groups is 1. The number of hydrogen-bond donors (Lipinski definition) is 2. The number of fused-ring (bicyclic) bond motifs is 3. The molecule has 0 atom stereocenters. The Balaban J connectivity index is 1.82. The van der Waals surface area contributed by atoms with Gasteiger partial charge in [0.2, 0.25) is 0 Å². The topological polar surface area (TPSA) is 62.5 Å². The second-order valence-corrected chi connectivity index (χ2v) is 5.65. The summed E-state index contributed by atoms with van der Waals surface area (Å²) in [5.74, 6) is 0.220. The van der Waals surface area contributed by atoms with Crippen molar-refractivity contribution in [3.63, 3.8) is 0 Å². The van der Waals surface area contributed by atoms with Crippen molar-refractivity contribution in [2.24, 2.45) is 0 Å². The summed E-state index contributed by atoms with van der Waals surface area (Å²) in [7, 11) is 0. The van der Waals surface area contributed by atoms with Crippen molar-refractivity contribution >= 4 is 27.4 Å². The van der Waals surface area contributed by atoms with Crippen LogP contribution in [0.2, 0.25) is 0 Å². The van der Waals surface area contributed by atoms with Crippen molar-refractivity contribution in [2.45, 2.75) is 6.54 Å². The Morgan fingerprint density at radius 3 is 2.58 bits per heavy atom. The van der Waals surface area contributed by atoms with Gasteiger partial charge in [0.25, 0.3) is 0 Å². The minimum Gasteiger partial charge on any atom is -0.508 e. The van der Waals surface area contributed by atoms with Gasteiger partial charge in [-0.1, -0.05) is 30.3 Å². The summed E-state index contributed by atoms with van der Waals surface area (Å²) in [4.78, 5) is 11.9. The normalized spacial score (nSPS) is 11.0. The summed E-state index contributed by atoms with van der Waals surface area (Å²) in [6.07, 6.45) is 0. The molecule has 0 aliphatic rings. The molecule has 1 heterocycles. The lowest BCUT2D eigenvalue weighted by molar-refractivity contribution is 0.475. The summed E-state index contributed by atoms with van der Waals surface area (Å²) in [5, 5.41) is 15.7. The monoisotopic (exact) mass is 317 g/mol. The number of rotatable bonds is 3. The van der Waals surface area contributed by atoms with Gasteiger partial charge in [0.15, 0.2) is 0 Å². The van der Waals surface area contributed by atoms with Crippen LogP contribution >= 0.6 is 0 Å². The van der Waals surface area contributed by atoms with E-state index in [0.717, 1.165) is 27.4 Å². The number of phenols is 1. The van der Waals surface area contributed by atoms with Gasteiger partial charge in [-0.2, -0.15) is 0 Å². The second-order valence-electron chi connectivity index (χ2n) is 5.65. The highest BCUT2D eigenvalue weighted by Gasteiger charge is 2.09. The van der Waals surface area contributed by atoms with Crippen LogP contribution in [0.15, 0.2) is 75.9 Å². The predicted octanol–water partition coefficient (Wildman–Crippen LogP) is 4.26. The Labute approximate surface area is 138 Å². The van der Waals surface area contributed by atoms with Crippen LogP contribution in [0.4, 0.5) is 5.69 Å². The van der Waals surface area contributed by atoms with Crippen LogP contribution < -0.4 is 10.9 Å². The van der Waals surface area contributed by atoms with E-state index >= 15 is 0 Å². The molecule has 0 unspecified atom stereocenters. The first kappa shape index (κ1) is 14.3. The van der Waals surface area contributed by atoms with E-state index in [2.05, 4.69) is 5.32 Å². The van der Waals surface area contributed by atoms with Crippen LogP contribution in [0.5, 0.6) is 5.75 Å². The van der Waals surface area contributed by atoms with E-state index in [4.69, 9.17) is 4.42 Å². The van der Waals surface area contributed by atoms with E-state index in [0.29, 0.717) is 12.1 Å². The molecule has 0 aliphatic heterocycles. The molecule has 0 radical (unpaired) electrons. The molecule has 0 bridgehead atoms. The van der Waals surface area contributed by atoms with Gasteiger partial charge in [-0.05, 0) is 46.7 Å². The lowest BCUT2D eigenvalue weighted by atomic mass is 10.0. The van der Waals surface area contributed by atoms with E-state index < -0.39 is 0 Å². The Morgan fingerprint density at radius 2 is 1.75 bits per heavy atom. The van der Waals surface area contributed by atoms with Gasteiger partial charge in [0.1, 0.15) is 11.3 Å². The average Bonchev–Trinajstić information content (AvgIpc) is 2.60. The SMILES string of the molecule is O=c1cc(CNc2ccc(O)cc2)c2c(ccc3ccccc32)o1. The van der Waals surface area contributed by atoms with Crippen molar-refractivity contribution in [1.29, 1.82) is 0 Å². The summed E-state index contributed by atoms with van der Waals surface area (Å²) >= 11 is 0. The number of hydrogen-bond acceptors (Lipinski definition) is 4. The fourth-order valence-corrected chi connectivity index (χ4v) is 2.94. The summed E-state index contributed by atoms with van der Waals surface area (Å²) in [6, 6.07) is 20.2. The molecule has 118 valence electrons. The van der Waals surface area contributed by atoms with Crippen LogP contribution in [-0.2, 0) is 6.54 Å². The molecule has 4 aromatic rings. The van der Waals surface area contributed by atoms with Crippen molar-refractivity contribution in [2.75, 3.05) is 5.32 Å². The lowest BCUT2D eigenvalue weighted by Crippen LogP contribution is -2.06. The molecule has 24 heavy (non-hydrogen) atoms. The molecule has 2 N–H and O–H groups in total. The second kappa shape index (κ2) is 5.74. The van der Waals surface area contributed by atoms with Gasteiger partial charge in [0, 0.05) is 23.7 Å². The van der Waals surface area contributed by atoms with Gasteiger partial charge in [0.05, 0.1) is 0 Å². The van der Waals surface area contributed by atoms with Gasteiger partial charge in [-0.3, -0.25) is 0 Å². The zero-order valence-electron chi connectivity index (χ0n) is 12.8. The molecule has 1 aromatic heterocycles. The largest absolute Gasteiger partial charge is 0.508 e. The van der Waals surface area contributed by atoms with E-state index in [-0.39, 0.29) is 11.4 Å². The highest BCUT2D eigenvalue weighted by atomic mass is 16.4. The average molecular weight is 317 g/mol. The Bertz CT molecular complexity index is 1080. The lowest BCUT2D eigenvalue weighted by Gasteiger charge is -2.11. The van der Waals surface area contributed by atoms with Crippen LogP contribution in [0.1, 0.15) is 5.56 Å². The van der Waals surface area contributed by atoms with Gasteiger partial charge in [-0.25, -0.2) is 4.79 Å². The quantitative estimate of drug-likeness (QED) is 0.337. The first-order valence-electron chi connectivity index (χ1n) is 7.68. The molecule has 0 spiro atoms. The third-order valence-electron chi connectivity index (χ3n) is 4.06. The molecule has 0 saturated carbocycles. The van der Waals surface area contributed by atoms with Gasteiger partial charge < -0.3 is 14.8 Å². The van der Waals surface area contributed by atoms with E-state index in [1.807, 2.05) is 36.4 Å². The molecule has 0 amide bonds. The maximum Gasteiger partial charge on any atom is 0.336 e. The van der Waals surface area contributed by atoms with Crippen molar-refractivity contribution in [1.82, 2.24) is 0 Å². The maximum atomic E-state index is 11.9. The van der Waals surface area contributed by atoms with Gasteiger partial charge in [-0.15, -0.1) is 0 Å². The Kier molecular flexibility index (Phi) is 3.43. The summed E-state index contributed by atoms with van der Waals surface area (Å²) in [5.41, 5.74) is 1.98. The minimum absolute atomic E-state index is 0.220. The van der Waals surface area contributed by atoms with E-state index in [1.54, 1.807) is 24.3 Å². The van der Waals surface area contributed by atoms with Crippen molar-refractivity contribution in [3.05, 3.63) is 82.7 Å². The number of benzene rings is 3. The van der Waals surface area contributed by atoms with Crippen molar-refractivity contribution in [3.8, 4) is 5.75 Å². The molecule has 3 aromatic carbocycles. The first-order chi connectivity index (χ1) is 11.7. The molecular weight excluding hydrogens is 302 g/mol. The third-order valence-corrected chi connectivity index (χ3v) is 4.06. The zero-order chi connectivity index (χ0) is 16.5. The predicted molar refractivity (Wildman–Crippen MR) is 95.4 cm³/mol. The molecule has 0 fully saturated rings. The molecule has 4 heteroatoms. The molecule has 0 saturated heterocycles. The van der Waals surface area contributed by atoms with Crippen molar-refractivity contribution < 1.29 is 9.52 Å². The highest BCUT2D eigenvalue weighted by molar-refractivity contribution is 6.07. The van der Waals surface area contributed by atoms with Gasteiger partial charge >= 0.3 is 5.63 Å². The number of nitrogens with one attached hydrogen (secondary N) is 1. The number of anilines is 1. The standard InChI is InChI=1S/C20H15NO3/c22-16-8-6-15(7-9-16)21-12-14-11-19(23)24-18-10-5-13-3-1-2-4-17(13)20(14)18/h1-11,21-22H,12H2. The fraction of sp³-hybridized carbons (Fsp3) is 0.0500. The summed E-state index contributed by atoms with van der Waals surface area (Å²) in [6.45, 7) is 0.487. The first-order valence-corrected chi connectivity index (χ1v) is 7.68. The molecular formula is C20H15NO3. The van der Waals surface area contributed by atoms with Crippen LogP contribution in [0.3, 0.4) is 0 Å². The van der Waals surface area contributed by atoms with Crippen LogP contribution in [0, 0.1) is 0 Å². The zero-order valence-corrected chi connectivity index (χ0v) is 12.8. The Morgan fingerprint density at radius 1 is 0.958 bits per heavy atom. The smallest absolute Gasteiger partial charge is 0.336 e. The van der Waals surface area contributed by atoms with Crippen LogP contribution in [-0.4, -0.2) is 5.11 Å². The fourth-order valence-electron chi connectivity index (χ4n) is 2.94. The molecule has 0 aliphatic carbocycles. The van der Waals surface area contributed by atoms with E-state index in [1.165, 1.54) is 6.07 Å². The highest BCUT2D eigenvalue weighted by Crippen LogP contribution is 2.28. The Hall–Kier alpha value is -3.27. The third kappa shape index (κ3) is 2.58. The molecule has 4 rings (SSSR count). The summed E-state index contributed by atoms with van der Waals surface area (Å²) < 4.78 is 5.36. The maximum absolute atomic E-state index is 11.9. The minimum atomic E-state index is -0.361. The molecule has 4 nitrogen and oxygen atoms in total.